The van der Waals surface area contributed by atoms with Gasteiger partial charge in [-0.3, -0.25) is 4.79 Å². The second-order valence-electron chi connectivity index (χ2n) is 5.81. The van der Waals surface area contributed by atoms with E-state index in [1.807, 2.05) is 36.6 Å². The van der Waals surface area contributed by atoms with E-state index in [-0.39, 0.29) is 5.91 Å². The quantitative estimate of drug-likeness (QED) is 0.625. The van der Waals surface area contributed by atoms with Gasteiger partial charge >= 0.3 is 0 Å². The molecule has 0 radical (unpaired) electrons. The number of rotatable bonds is 7. The number of benzene rings is 1. The Morgan fingerprint density at radius 2 is 2.04 bits per heavy atom. The van der Waals surface area contributed by atoms with Crippen LogP contribution in [0.15, 0.2) is 47.2 Å². The zero-order valence-corrected chi connectivity index (χ0v) is 16.0. The van der Waals surface area contributed by atoms with Gasteiger partial charge in [0.2, 0.25) is 0 Å². The molecule has 0 aliphatic carbocycles. The number of para-hydroxylation sites is 1. The van der Waals surface area contributed by atoms with Crippen molar-refractivity contribution in [1.82, 2.24) is 10.3 Å². The predicted molar refractivity (Wildman–Crippen MR) is 107 cm³/mol. The zero-order chi connectivity index (χ0) is 17.6. The van der Waals surface area contributed by atoms with Crippen LogP contribution in [0.3, 0.4) is 0 Å². The molecule has 0 fully saturated rings. The number of aromatic nitrogens is 1. The van der Waals surface area contributed by atoms with Gasteiger partial charge in [0, 0.05) is 36.8 Å². The average molecular weight is 372 g/mol. The van der Waals surface area contributed by atoms with E-state index >= 15 is 0 Å². The molecule has 0 aliphatic rings. The Kier molecular flexibility index (Phi) is 5.83. The number of thiophene rings is 1. The first-order valence-corrected chi connectivity index (χ1v) is 9.95. The summed E-state index contributed by atoms with van der Waals surface area (Å²) in [5, 5.41) is 8.00. The molecule has 0 bridgehead atoms. The summed E-state index contributed by atoms with van der Waals surface area (Å²) in [6.07, 6.45) is 0.895. The Balaban J connectivity index is 1.50. The first-order valence-electron chi connectivity index (χ1n) is 8.19. The minimum atomic E-state index is -0.0288. The van der Waals surface area contributed by atoms with Gasteiger partial charge in [-0.1, -0.05) is 18.2 Å². The van der Waals surface area contributed by atoms with Crippen LogP contribution in [0.2, 0.25) is 0 Å². The molecule has 1 aromatic carbocycles. The molecule has 2 aromatic heterocycles. The van der Waals surface area contributed by atoms with Crippen molar-refractivity contribution in [3.8, 4) is 10.6 Å². The van der Waals surface area contributed by atoms with Crippen LogP contribution >= 0.6 is 22.7 Å². The van der Waals surface area contributed by atoms with Crippen LogP contribution in [-0.2, 0) is 0 Å². The molecule has 6 heteroatoms. The molecule has 4 nitrogen and oxygen atoms in total. The average Bonchev–Trinajstić information content (AvgIpc) is 3.28. The summed E-state index contributed by atoms with van der Waals surface area (Å²) in [5.41, 5.74) is 3.07. The van der Waals surface area contributed by atoms with Gasteiger partial charge in [0.1, 0.15) is 9.88 Å². The fourth-order valence-corrected chi connectivity index (χ4v) is 4.22. The van der Waals surface area contributed by atoms with Crippen LogP contribution in [0.1, 0.15) is 21.8 Å². The van der Waals surface area contributed by atoms with Crippen LogP contribution in [0.25, 0.3) is 10.6 Å². The van der Waals surface area contributed by atoms with Crippen molar-refractivity contribution in [2.75, 3.05) is 25.0 Å². The molecular weight excluding hydrogens is 350 g/mol. The van der Waals surface area contributed by atoms with Crippen LogP contribution in [0, 0.1) is 6.92 Å². The van der Waals surface area contributed by atoms with Crippen molar-refractivity contribution in [2.45, 2.75) is 13.3 Å². The van der Waals surface area contributed by atoms with E-state index in [4.69, 9.17) is 0 Å². The number of nitrogens with zero attached hydrogens (tertiary/aromatic N) is 2. The van der Waals surface area contributed by atoms with Gasteiger partial charge in [-0.05, 0) is 36.9 Å². The fourth-order valence-electron chi connectivity index (χ4n) is 2.53. The van der Waals surface area contributed by atoms with Crippen LogP contribution in [-0.4, -0.2) is 31.0 Å². The van der Waals surface area contributed by atoms with Crippen molar-refractivity contribution in [1.29, 1.82) is 0 Å². The van der Waals surface area contributed by atoms with Gasteiger partial charge in [0.05, 0.1) is 5.69 Å². The number of nitrogens with one attached hydrogen (secondary N) is 1. The zero-order valence-electron chi connectivity index (χ0n) is 14.4. The van der Waals surface area contributed by atoms with E-state index in [1.54, 1.807) is 11.3 Å². The normalized spacial score (nSPS) is 10.6. The molecule has 130 valence electrons. The fraction of sp³-hybridized carbons (Fsp3) is 0.263. The van der Waals surface area contributed by atoms with Gasteiger partial charge < -0.3 is 10.2 Å². The highest BCUT2D eigenvalue weighted by Gasteiger charge is 2.16. The highest BCUT2D eigenvalue weighted by atomic mass is 32.1. The second-order valence-corrected chi connectivity index (χ2v) is 7.59. The summed E-state index contributed by atoms with van der Waals surface area (Å²) >= 11 is 3.10. The molecule has 0 spiro atoms. The number of hydrogen-bond acceptors (Lipinski definition) is 5. The molecule has 25 heavy (non-hydrogen) atoms. The van der Waals surface area contributed by atoms with Crippen LogP contribution < -0.4 is 10.2 Å². The molecule has 1 amide bonds. The van der Waals surface area contributed by atoms with E-state index in [9.17, 15) is 4.79 Å². The van der Waals surface area contributed by atoms with Gasteiger partial charge in [-0.25, -0.2) is 4.98 Å². The first kappa shape index (κ1) is 17.6. The van der Waals surface area contributed by atoms with E-state index in [1.165, 1.54) is 17.0 Å². The number of aryl methyl sites for hydroxylation is 1. The Morgan fingerprint density at radius 1 is 1.24 bits per heavy atom. The van der Waals surface area contributed by atoms with E-state index in [2.05, 4.69) is 39.8 Å². The molecule has 3 rings (SSSR count). The third-order valence-electron chi connectivity index (χ3n) is 3.92. The van der Waals surface area contributed by atoms with Gasteiger partial charge in [0.15, 0.2) is 0 Å². The van der Waals surface area contributed by atoms with Crippen molar-refractivity contribution >= 4 is 34.3 Å². The van der Waals surface area contributed by atoms with Gasteiger partial charge in [-0.15, -0.1) is 11.3 Å². The van der Waals surface area contributed by atoms with E-state index in [0.29, 0.717) is 11.4 Å². The van der Waals surface area contributed by atoms with Crippen molar-refractivity contribution in [3.05, 3.63) is 57.7 Å². The third-order valence-corrected chi connectivity index (χ3v) is 5.81. The highest BCUT2D eigenvalue weighted by Crippen LogP contribution is 2.29. The molecule has 0 saturated heterocycles. The van der Waals surface area contributed by atoms with Gasteiger partial charge in [0.25, 0.3) is 5.91 Å². The number of carbonyl (C=O) groups excluding carboxylic acids is 1. The maximum Gasteiger partial charge on any atom is 0.263 e. The standard InChI is InChI=1S/C19H21N3OS2/c1-14-17(25-19(21-14)15-9-12-24-13-15)18(23)20-10-6-11-22(2)16-7-4-3-5-8-16/h3-5,7-9,12-13H,6,10-11H2,1-2H3,(H,20,23). The number of carbonyl (C=O) groups is 1. The topological polar surface area (TPSA) is 45.2 Å². The van der Waals surface area contributed by atoms with Crippen molar-refractivity contribution in [3.63, 3.8) is 0 Å². The van der Waals surface area contributed by atoms with Crippen LogP contribution in [0.4, 0.5) is 5.69 Å². The van der Waals surface area contributed by atoms with E-state index < -0.39 is 0 Å². The maximum atomic E-state index is 12.4. The lowest BCUT2D eigenvalue weighted by atomic mass is 10.3. The SMILES string of the molecule is Cc1nc(-c2ccsc2)sc1C(=O)NCCCN(C)c1ccccc1. The third kappa shape index (κ3) is 4.46. The smallest absolute Gasteiger partial charge is 0.263 e. The maximum absolute atomic E-state index is 12.4. The Labute approximate surface area is 156 Å². The summed E-state index contributed by atoms with van der Waals surface area (Å²) in [5.74, 6) is -0.0288. The minimum absolute atomic E-state index is 0.0288. The lowest BCUT2D eigenvalue weighted by Crippen LogP contribution is -2.28. The van der Waals surface area contributed by atoms with E-state index in [0.717, 1.165) is 29.2 Å². The Bertz CT molecular complexity index is 813. The number of thiazole rings is 1. The molecule has 1 N–H and O–H groups in total. The molecule has 3 aromatic rings. The first-order chi connectivity index (χ1) is 12.1. The number of amides is 1. The number of anilines is 1. The Morgan fingerprint density at radius 3 is 2.76 bits per heavy atom. The molecule has 0 saturated carbocycles. The minimum Gasteiger partial charge on any atom is -0.375 e. The molecule has 2 heterocycles. The molecule has 0 unspecified atom stereocenters. The monoisotopic (exact) mass is 371 g/mol. The summed E-state index contributed by atoms with van der Waals surface area (Å²) in [7, 11) is 2.07. The van der Waals surface area contributed by atoms with Crippen molar-refractivity contribution in [2.24, 2.45) is 0 Å². The number of hydrogen-bond donors (Lipinski definition) is 1. The van der Waals surface area contributed by atoms with Crippen LogP contribution in [0.5, 0.6) is 0 Å². The summed E-state index contributed by atoms with van der Waals surface area (Å²) in [6.45, 7) is 3.44. The summed E-state index contributed by atoms with van der Waals surface area (Å²) in [6, 6.07) is 12.3. The summed E-state index contributed by atoms with van der Waals surface area (Å²) < 4.78 is 0. The van der Waals surface area contributed by atoms with Gasteiger partial charge in [-0.2, -0.15) is 11.3 Å². The molecular formula is C19H21N3OS2. The molecule has 0 aliphatic heterocycles. The Hall–Kier alpha value is -2.18. The predicted octanol–water partition coefficient (Wildman–Crippen LogP) is 4.44. The highest BCUT2D eigenvalue weighted by molar-refractivity contribution is 7.17. The second kappa shape index (κ2) is 8.27. The lowest BCUT2D eigenvalue weighted by Gasteiger charge is -2.19. The lowest BCUT2D eigenvalue weighted by molar-refractivity contribution is 0.0956. The molecule has 0 atom stereocenters. The summed E-state index contributed by atoms with van der Waals surface area (Å²) in [4.78, 5) is 19.8. The largest absolute Gasteiger partial charge is 0.375 e. The van der Waals surface area contributed by atoms with Crippen molar-refractivity contribution < 1.29 is 4.79 Å².